The lowest BCUT2D eigenvalue weighted by Crippen LogP contribution is -2.79. The molecular weight excluding hydrogens is 399 g/mol. The zero-order valence-electron chi connectivity index (χ0n) is 11.6. The molecule has 0 heterocycles. The largest absolute Gasteiger partial charge is 0.328 e. The Morgan fingerprint density at radius 3 is 2.13 bits per heavy atom. The summed E-state index contributed by atoms with van der Waals surface area (Å²) < 4.78 is 26.8. The van der Waals surface area contributed by atoms with Crippen molar-refractivity contribution in [1.82, 2.24) is 0 Å². The van der Waals surface area contributed by atoms with Gasteiger partial charge in [0.1, 0.15) is 4.90 Å². The third-order valence-corrected chi connectivity index (χ3v) is 5.76. The second-order valence-electron chi connectivity index (χ2n) is 4.48. The fourth-order valence-corrected chi connectivity index (χ4v) is 4.33. The van der Waals surface area contributed by atoms with Gasteiger partial charge in [-0.05, 0) is 42.5 Å². The molecule has 0 aliphatic heterocycles. The third kappa shape index (κ3) is 5.58. The second-order valence-corrected chi connectivity index (χ2v) is 8.52. The summed E-state index contributed by atoms with van der Waals surface area (Å²) in [7, 11) is -3.83. The zero-order chi connectivity index (χ0) is 17.0. The van der Waals surface area contributed by atoms with Crippen LogP contribution in [0.1, 0.15) is 0 Å². The van der Waals surface area contributed by atoms with E-state index in [9.17, 15) is 8.42 Å². The number of benzene rings is 2. The molecule has 0 saturated carbocycles. The van der Waals surface area contributed by atoms with E-state index in [4.69, 9.17) is 40.5 Å². The van der Waals surface area contributed by atoms with Crippen molar-refractivity contribution >= 4 is 62.4 Å². The van der Waals surface area contributed by atoms with Crippen LogP contribution in [0.5, 0.6) is 0 Å². The van der Waals surface area contributed by atoms with Crippen molar-refractivity contribution in [2.24, 2.45) is 5.73 Å². The van der Waals surface area contributed by atoms with Crippen LogP contribution in [-0.4, -0.2) is 20.0 Å². The van der Waals surface area contributed by atoms with E-state index in [-0.39, 0.29) is 26.5 Å². The molecule has 0 atom stereocenters. The minimum atomic E-state index is -3.83. The maximum absolute atomic E-state index is 12.2. The molecule has 0 radical (unpaired) electrons. The summed E-state index contributed by atoms with van der Waals surface area (Å²) in [6.45, 7) is 0. The molecule has 0 spiro atoms. The molecule has 4 nitrogen and oxygen atoms in total. The Hall–Kier alpha value is -0.920. The smallest absolute Gasteiger partial charge is 0.289 e. The average molecular weight is 411 g/mol. The van der Waals surface area contributed by atoms with E-state index in [0.717, 1.165) is 4.90 Å². The van der Waals surface area contributed by atoms with Crippen molar-refractivity contribution in [2.75, 3.05) is 5.75 Å². The van der Waals surface area contributed by atoms with Gasteiger partial charge in [0.2, 0.25) is 0 Å². The van der Waals surface area contributed by atoms with Crippen LogP contribution >= 0.6 is 46.6 Å². The molecule has 0 unspecified atom stereocenters. The Kier molecular flexibility index (Phi) is 6.22. The van der Waals surface area contributed by atoms with E-state index in [0.29, 0.717) is 5.02 Å². The number of thioether (sulfide) groups is 1. The standard InChI is InChI=1S/C14H11Cl3N2O2S2/c15-9-1-3-12(4-2-9)22-8-14(18)19-23(20,21)13-6-10(16)5-11(17)7-13/h1-7H,8H2,(H2,18,19)/p+1. The lowest BCUT2D eigenvalue weighted by atomic mass is 10.4. The number of halogens is 3. The van der Waals surface area contributed by atoms with E-state index < -0.39 is 10.0 Å². The molecule has 0 aliphatic rings. The molecule has 0 aromatic heterocycles. The van der Waals surface area contributed by atoms with Gasteiger partial charge in [0.15, 0.2) is 0 Å². The Balaban J connectivity index is 2.13. The van der Waals surface area contributed by atoms with Crippen LogP contribution in [0.3, 0.4) is 0 Å². The van der Waals surface area contributed by atoms with Crippen molar-refractivity contribution in [3.8, 4) is 0 Å². The summed E-state index contributed by atoms with van der Waals surface area (Å²) in [6.07, 6.45) is 0. The van der Waals surface area contributed by atoms with Crippen LogP contribution in [0.25, 0.3) is 0 Å². The highest BCUT2D eigenvalue weighted by Gasteiger charge is 2.18. The van der Waals surface area contributed by atoms with Crippen molar-refractivity contribution in [3.63, 3.8) is 0 Å². The molecule has 2 aromatic carbocycles. The first kappa shape index (κ1) is 18.4. The van der Waals surface area contributed by atoms with Crippen LogP contribution in [-0.2, 0) is 10.0 Å². The van der Waals surface area contributed by atoms with Crippen molar-refractivity contribution < 1.29 is 12.8 Å². The lowest BCUT2D eigenvalue weighted by Gasteiger charge is -2.01. The van der Waals surface area contributed by atoms with E-state index >= 15 is 0 Å². The summed E-state index contributed by atoms with van der Waals surface area (Å²) in [5.74, 6) is 0.371. The monoisotopic (exact) mass is 409 g/mol. The summed E-state index contributed by atoms with van der Waals surface area (Å²) in [6, 6.07) is 11.2. The molecule has 122 valence electrons. The van der Waals surface area contributed by atoms with Gasteiger partial charge >= 0.3 is 10.0 Å². The van der Waals surface area contributed by atoms with Crippen LogP contribution in [0.2, 0.25) is 15.1 Å². The van der Waals surface area contributed by atoms with E-state index in [1.54, 1.807) is 12.1 Å². The van der Waals surface area contributed by atoms with E-state index in [1.165, 1.54) is 30.0 Å². The van der Waals surface area contributed by atoms with Gasteiger partial charge < -0.3 is 0 Å². The topological polar surface area (TPSA) is 74.1 Å². The average Bonchev–Trinajstić information content (AvgIpc) is 2.45. The Morgan fingerprint density at radius 2 is 1.57 bits per heavy atom. The summed E-state index contributed by atoms with van der Waals surface area (Å²) >= 11 is 18.8. The third-order valence-electron chi connectivity index (χ3n) is 2.62. The number of amidine groups is 1. The van der Waals surface area contributed by atoms with Gasteiger partial charge in [-0.1, -0.05) is 34.8 Å². The highest BCUT2D eigenvalue weighted by molar-refractivity contribution is 8.00. The second kappa shape index (κ2) is 7.77. The lowest BCUT2D eigenvalue weighted by molar-refractivity contribution is -0.269. The fraction of sp³-hybridized carbons (Fsp3) is 0.0714. The number of nitrogens with two attached hydrogens (primary N) is 1. The molecule has 0 fully saturated rings. The zero-order valence-corrected chi connectivity index (χ0v) is 15.5. The summed E-state index contributed by atoms with van der Waals surface area (Å²) in [5, 5.41) is 1.09. The van der Waals surface area contributed by atoms with E-state index in [1.807, 2.05) is 12.1 Å². The van der Waals surface area contributed by atoms with Crippen LogP contribution in [0.15, 0.2) is 52.3 Å². The minimum absolute atomic E-state index is 0.0468. The predicted molar refractivity (Wildman–Crippen MR) is 96.0 cm³/mol. The Labute approximate surface area is 153 Å². The quantitative estimate of drug-likeness (QED) is 0.451. The van der Waals surface area contributed by atoms with Gasteiger partial charge in [0, 0.05) is 20.0 Å². The minimum Gasteiger partial charge on any atom is -0.289 e. The first-order valence-electron chi connectivity index (χ1n) is 6.25. The highest BCUT2D eigenvalue weighted by atomic mass is 35.5. The van der Waals surface area contributed by atoms with E-state index in [2.05, 4.69) is 4.40 Å². The van der Waals surface area contributed by atoms with Gasteiger partial charge in [-0.3, -0.25) is 5.73 Å². The molecule has 0 saturated heterocycles. The number of rotatable bonds is 5. The molecule has 0 amide bonds. The number of hydrogen-bond donors (Lipinski definition) is 2. The van der Waals surface area contributed by atoms with Gasteiger partial charge in [0.25, 0.3) is 5.84 Å². The highest BCUT2D eigenvalue weighted by Crippen LogP contribution is 2.21. The Morgan fingerprint density at radius 1 is 1.00 bits per heavy atom. The molecule has 0 aliphatic carbocycles. The van der Waals surface area contributed by atoms with Gasteiger partial charge in [-0.2, -0.15) is 12.8 Å². The molecule has 0 bridgehead atoms. The van der Waals surface area contributed by atoms with Gasteiger partial charge in [-0.15, -0.1) is 11.8 Å². The molecule has 3 N–H and O–H groups in total. The normalized spacial score (nSPS) is 12.4. The first-order chi connectivity index (χ1) is 10.8. The van der Waals surface area contributed by atoms with Crippen molar-refractivity contribution in [1.29, 1.82) is 0 Å². The summed E-state index contributed by atoms with van der Waals surface area (Å²) in [4.78, 5) is 0.872. The van der Waals surface area contributed by atoms with Crippen LogP contribution in [0, 0.1) is 0 Å². The SMILES string of the molecule is NC(CSc1ccc(Cl)cc1)=[NH+]S(=O)(=O)c1cc(Cl)cc(Cl)c1. The summed E-state index contributed by atoms with van der Waals surface area (Å²) in [5.41, 5.74) is 5.76. The Bertz CT molecular complexity index is 817. The fourth-order valence-electron chi connectivity index (χ4n) is 1.64. The molecule has 2 rings (SSSR count). The van der Waals surface area contributed by atoms with Crippen LogP contribution in [0.4, 0.5) is 0 Å². The van der Waals surface area contributed by atoms with Crippen molar-refractivity contribution in [2.45, 2.75) is 9.79 Å². The maximum atomic E-state index is 12.2. The van der Waals surface area contributed by atoms with Crippen LogP contribution < -0.4 is 10.1 Å². The molecule has 23 heavy (non-hydrogen) atoms. The first-order valence-corrected chi connectivity index (χ1v) is 9.85. The van der Waals surface area contributed by atoms with Crippen molar-refractivity contribution in [3.05, 3.63) is 57.5 Å². The number of hydrogen-bond acceptors (Lipinski definition) is 3. The van der Waals surface area contributed by atoms with Gasteiger partial charge in [-0.25, -0.2) is 0 Å². The maximum Gasteiger partial charge on any atom is 0.328 e. The molecular formula is C14H12Cl3N2O2S2+. The molecule has 9 heteroatoms. The predicted octanol–water partition coefficient (Wildman–Crippen LogP) is 2.57. The molecule has 2 aromatic rings. The van der Waals surface area contributed by atoms with Gasteiger partial charge in [0.05, 0.1) is 5.75 Å². The number of sulfonamides is 1. The number of nitrogens with one attached hydrogen (secondary N) is 1.